The van der Waals surface area contributed by atoms with Crippen LogP contribution >= 0.6 is 11.6 Å². The van der Waals surface area contributed by atoms with Crippen LogP contribution in [-0.4, -0.2) is 60.8 Å². The van der Waals surface area contributed by atoms with Crippen molar-refractivity contribution < 1.29 is 47.2 Å². The van der Waals surface area contributed by atoms with Crippen LogP contribution in [0.4, 0.5) is 18.9 Å². The Labute approximate surface area is 197 Å². The van der Waals surface area contributed by atoms with Crippen molar-refractivity contribution in [1.29, 1.82) is 0 Å². The van der Waals surface area contributed by atoms with E-state index in [1.807, 2.05) is 0 Å². The average Bonchev–Trinajstić information content (AvgIpc) is 2.74. The number of nitrogens with zero attached hydrogens (tertiary/aromatic N) is 1. The number of nitrogens with one attached hydrogen (secondary N) is 1. The summed E-state index contributed by atoms with van der Waals surface area (Å²) in [5, 5.41) is 17.0. The molecular formula is C21H22ClF3N2O7. The Bertz CT molecular complexity index is 1020. The largest absolute Gasteiger partial charge is 0.497 e. The van der Waals surface area contributed by atoms with Gasteiger partial charge in [-0.2, -0.15) is 13.2 Å². The molecule has 13 heteroatoms. The summed E-state index contributed by atoms with van der Waals surface area (Å²) in [6.45, 7) is 0.239. The molecule has 1 amide bonds. The van der Waals surface area contributed by atoms with Crippen LogP contribution in [0.1, 0.15) is 11.1 Å². The number of ether oxygens (including phenoxy) is 2. The van der Waals surface area contributed by atoms with Gasteiger partial charge in [-0.1, -0.05) is 17.7 Å². The molecule has 0 heterocycles. The number of carbonyl (C=O) groups is 3. The first-order chi connectivity index (χ1) is 15.8. The van der Waals surface area contributed by atoms with Crippen molar-refractivity contribution in [2.45, 2.75) is 12.7 Å². The lowest BCUT2D eigenvalue weighted by molar-refractivity contribution is -0.159. The minimum absolute atomic E-state index is 0.0611. The van der Waals surface area contributed by atoms with Crippen molar-refractivity contribution in [2.24, 2.45) is 0 Å². The third-order valence-corrected chi connectivity index (χ3v) is 4.33. The van der Waals surface area contributed by atoms with Crippen LogP contribution in [0.5, 0.6) is 11.5 Å². The third kappa shape index (κ3) is 9.16. The quantitative estimate of drug-likeness (QED) is 0.486. The molecule has 3 N–H and O–H groups in total. The van der Waals surface area contributed by atoms with Crippen LogP contribution in [0, 0.1) is 0 Å². The number of anilines is 1. The van der Waals surface area contributed by atoms with E-state index in [9.17, 15) is 18.0 Å². The normalized spacial score (nSPS) is 10.7. The Kier molecular flexibility index (Phi) is 10.6. The number of benzene rings is 2. The molecule has 2 aromatic carbocycles. The first-order valence-electron chi connectivity index (χ1n) is 9.30. The van der Waals surface area contributed by atoms with E-state index in [2.05, 4.69) is 5.32 Å². The summed E-state index contributed by atoms with van der Waals surface area (Å²) < 4.78 is 49.8. The van der Waals surface area contributed by atoms with Crippen molar-refractivity contribution in [3.63, 3.8) is 0 Å². The van der Waals surface area contributed by atoms with Crippen LogP contribution in [0.25, 0.3) is 0 Å². The van der Waals surface area contributed by atoms with Gasteiger partial charge in [0.1, 0.15) is 11.5 Å². The Morgan fingerprint density at radius 2 is 1.65 bits per heavy atom. The second-order valence-corrected chi connectivity index (χ2v) is 7.13. The summed E-state index contributed by atoms with van der Waals surface area (Å²) in [6, 6.07) is 8.48. The summed E-state index contributed by atoms with van der Waals surface area (Å²) in [5.74, 6) is -3.01. The van der Waals surface area contributed by atoms with Crippen molar-refractivity contribution in [2.75, 3.05) is 33.1 Å². The number of likely N-dealkylation sites (N-methyl/N-ethyl adjacent to an activating group) is 1. The molecule has 0 spiro atoms. The molecule has 2 rings (SSSR count). The number of carbonyl (C=O) groups excluding carboxylic acids is 1. The van der Waals surface area contributed by atoms with Crippen molar-refractivity contribution >= 4 is 35.1 Å². The van der Waals surface area contributed by atoms with Crippen LogP contribution in [0.2, 0.25) is 5.02 Å². The maximum absolute atomic E-state index is 13.1. The maximum Gasteiger partial charge on any atom is 0.418 e. The number of methoxy groups -OCH3 is 2. The van der Waals surface area contributed by atoms with E-state index in [0.717, 1.165) is 17.7 Å². The summed E-state index contributed by atoms with van der Waals surface area (Å²) >= 11 is 5.64. The monoisotopic (exact) mass is 506 g/mol. The van der Waals surface area contributed by atoms with Crippen LogP contribution in [0.3, 0.4) is 0 Å². The molecule has 0 atom stereocenters. The first kappa shape index (κ1) is 28.5. The topological polar surface area (TPSA) is 125 Å². The summed E-state index contributed by atoms with van der Waals surface area (Å²) in [7, 11) is 4.73. The van der Waals surface area contributed by atoms with Crippen molar-refractivity contribution in [1.82, 2.24) is 4.90 Å². The summed E-state index contributed by atoms with van der Waals surface area (Å²) in [4.78, 5) is 32.1. The Morgan fingerprint density at radius 3 is 2.15 bits per heavy atom. The minimum Gasteiger partial charge on any atom is -0.497 e. The molecule has 34 heavy (non-hydrogen) atoms. The van der Waals surface area contributed by atoms with Gasteiger partial charge in [0.25, 0.3) is 0 Å². The zero-order chi connectivity index (χ0) is 26.1. The number of hydrogen-bond acceptors (Lipinski definition) is 6. The molecule has 0 bridgehead atoms. The van der Waals surface area contributed by atoms with Gasteiger partial charge in [-0.3, -0.25) is 9.69 Å². The maximum atomic E-state index is 13.1. The van der Waals surface area contributed by atoms with Crippen LogP contribution in [0.15, 0.2) is 36.4 Å². The molecule has 0 fully saturated rings. The number of alkyl halides is 3. The van der Waals surface area contributed by atoms with E-state index >= 15 is 0 Å². The smallest absolute Gasteiger partial charge is 0.418 e. The van der Waals surface area contributed by atoms with Gasteiger partial charge in [-0.15, -0.1) is 0 Å². The highest BCUT2D eigenvalue weighted by Gasteiger charge is 2.34. The fourth-order valence-corrected chi connectivity index (χ4v) is 2.80. The predicted octanol–water partition coefficient (Wildman–Crippen LogP) is 3.60. The molecule has 0 saturated carbocycles. The highest BCUT2D eigenvalue weighted by Crippen LogP contribution is 2.36. The molecule has 0 radical (unpaired) electrons. The number of hydrogen-bond donors (Lipinski definition) is 3. The van der Waals surface area contributed by atoms with E-state index < -0.39 is 29.6 Å². The summed E-state index contributed by atoms with van der Waals surface area (Å²) in [6.07, 6.45) is -4.63. The molecule has 2 aromatic rings. The van der Waals surface area contributed by atoms with Crippen molar-refractivity contribution in [3.8, 4) is 11.5 Å². The van der Waals surface area contributed by atoms with Gasteiger partial charge in [-0.05, 0) is 31.3 Å². The van der Waals surface area contributed by atoms with Crippen LogP contribution in [-0.2, 0) is 27.1 Å². The predicted molar refractivity (Wildman–Crippen MR) is 116 cm³/mol. The lowest BCUT2D eigenvalue weighted by atomic mass is 10.1. The second kappa shape index (κ2) is 12.7. The number of carboxylic acid groups (broad SMARTS) is 2. The number of rotatable bonds is 7. The first-order valence-corrected chi connectivity index (χ1v) is 9.68. The number of amides is 1. The van der Waals surface area contributed by atoms with E-state index in [0.29, 0.717) is 18.0 Å². The fourth-order valence-electron chi connectivity index (χ4n) is 2.62. The SMILES string of the molecule is COc1ccc(CN(C)CC(=O)Nc2ccc(Cl)cc2C(F)(F)F)c(OC)c1.O=C(O)C(=O)O. The number of carboxylic acids is 2. The van der Waals surface area contributed by atoms with Gasteiger partial charge in [0.15, 0.2) is 0 Å². The minimum atomic E-state index is -4.63. The van der Waals surface area contributed by atoms with Crippen LogP contribution < -0.4 is 14.8 Å². The molecule has 0 saturated heterocycles. The fraction of sp³-hybridized carbons (Fsp3) is 0.286. The zero-order valence-corrected chi connectivity index (χ0v) is 19.0. The Balaban J connectivity index is 0.000000852. The van der Waals surface area contributed by atoms with Gasteiger partial charge in [0.2, 0.25) is 5.91 Å². The highest BCUT2D eigenvalue weighted by molar-refractivity contribution is 6.30. The number of aliphatic carboxylic acids is 2. The molecular weight excluding hydrogens is 485 g/mol. The zero-order valence-electron chi connectivity index (χ0n) is 18.3. The lowest BCUT2D eigenvalue weighted by Gasteiger charge is -2.19. The van der Waals surface area contributed by atoms with E-state index in [4.69, 9.17) is 40.9 Å². The Hall–Kier alpha value is -3.51. The molecule has 0 aliphatic heterocycles. The molecule has 186 valence electrons. The van der Waals surface area contributed by atoms with Gasteiger partial charge in [0.05, 0.1) is 32.0 Å². The average molecular weight is 507 g/mol. The molecule has 0 aromatic heterocycles. The lowest BCUT2D eigenvalue weighted by Crippen LogP contribution is -2.30. The van der Waals surface area contributed by atoms with E-state index in [1.165, 1.54) is 20.3 Å². The molecule has 9 nitrogen and oxygen atoms in total. The highest BCUT2D eigenvalue weighted by atomic mass is 35.5. The standard InChI is InChI=1S/C19H20ClF3N2O3.C2H2O4/c1-25(10-12-4-6-14(27-2)9-17(12)28-3)11-18(26)24-16-7-5-13(20)8-15(16)19(21,22)23;3-1(4)2(5)6/h4-9H,10-11H2,1-3H3,(H,24,26);(H,3,4)(H,5,6). The second-order valence-electron chi connectivity index (χ2n) is 6.70. The van der Waals surface area contributed by atoms with E-state index in [1.54, 1.807) is 30.1 Å². The van der Waals surface area contributed by atoms with E-state index in [-0.39, 0.29) is 17.3 Å². The molecule has 0 aliphatic carbocycles. The van der Waals surface area contributed by atoms with Crippen molar-refractivity contribution in [3.05, 3.63) is 52.5 Å². The molecule has 0 aliphatic rings. The molecule has 0 unspecified atom stereocenters. The van der Waals surface area contributed by atoms with Gasteiger partial charge in [0, 0.05) is 23.2 Å². The Morgan fingerprint density at radius 1 is 1.03 bits per heavy atom. The number of halogens is 4. The van der Waals surface area contributed by atoms with Gasteiger partial charge >= 0.3 is 18.1 Å². The van der Waals surface area contributed by atoms with Gasteiger partial charge < -0.3 is 25.0 Å². The van der Waals surface area contributed by atoms with Gasteiger partial charge in [-0.25, -0.2) is 9.59 Å². The summed E-state index contributed by atoms with van der Waals surface area (Å²) in [5.41, 5.74) is -0.522. The third-order valence-electron chi connectivity index (χ3n) is 4.09.